The quantitative estimate of drug-likeness (QED) is 0.279. The third kappa shape index (κ3) is 6.38. The monoisotopic (exact) mass is 547 g/mol. The molecule has 1 aliphatic rings. The van der Waals surface area contributed by atoms with Gasteiger partial charge in [0.2, 0.25) is 0 Å². The summed E-state index contributed by atoms with van der Waals surface area (Å²) >= 11 is 1.52. The molecule has 0 amide bonds. The van der Waals surface area contributed by atoms with E-state index in [0.29, 0.717) is 25.7 Å². The van der Waals surface area contributed by atoms with Crippen molar-refractivity contribution in [3.8, 4) is 0 Å². The second-order valence-corrected chi connectivity index (χ2v) is 8.65. The molecule has 1 fully saturated rings. The maximum atomic E-state index is 13.4. The van der Waals surface area contributed by atoms with Crippen LogP contribution in [0.3, 0.4) is 0 Å². The minimum Gasteiger partial charge on any atom is -0.383 e. The molecule has 1 saturated heterocycles. The number of hydrogen-bond acceptors (Lipinski definition) is 4. The molecule has 166 valence electrons. The van der Waals surface area contributed by atoms with Gasteiger partial charge in [0.1, 0.15) is 11.4 Å². The summed E-state index contributed by atoms with van der Waals surface area (Å²) in [5.41, 5.74) is -0.0430. The van der Waals surface area contributed by atoms with Crippen molar-refractivity contribution in [1.82, 2.24) is 10.6 Å². The van der Waals surface area contributed by atoms with Crippen molar-refractivity contribution >= 4 is 41.3 Å². The smallest absolute Gasteiger partial charge is 0.191 e. The number of halogens is 2. The molecule has 5 nitrogen and oxygen atoms in total. The first-order valence-corrected chi connectivity index (χ1v) is 11.0. The van der Waals surface area contributed by atoms with Crippen LogP contribution in [-0.2, 0) is 15.8 Å². The van der Waals surface area contributed by atoms with Gasteiger partial charge >= 0.3 is 0 Å². The number of ether oxygens (including phenoxy) is 1. The van der Waals surface area contributed by atoms with Crippen LogP contribution in [0.25, 0.3) is 0 Å². The molecule has 1 unspecified atom stereocenters. The van der Waals surface area contributed by atoms with E-state index in [2.05, 4.69) is 15.6 Å². The molecule has 2 heterocycles. The molecule has 30 heavy (non-hydrogen) atoms. The van der Waals surface area contributed by atoms with Gasteiger partial charge in [0, 0.05) is 36.6 Å². The molecule has 3 N–H and O–H groups in total. The number of aliphatic hydroxyl groups is 1. The third-order valence-corrected chi connectivity index (χ3v) is 6.56. The molecule has 0 aliphatic carbocycles. The van der Waals surface area contributed by atoms with E-state index in [1.807, 2.05) is 36.6 Å². The van der Waals surface area contributed by atoms with Crippen LogP contribution in [0.1, 0.15) is 37.1 Å². The Kier molecular flexibility index (Phi) is 9.52. The van der Waals surface area contributed by atoms with Crippen molar-refractivity contribution in [3.63, 3.8) is 0 Å². The second-order valence-electron chi connectivity index (χ2n) is 7.70. The first-order valence-electron chi connectivity index (χ1n) is 10.1. The number of nitrogens with one attached hydrogen (secondary N) is 2. The molecule has 0 spiro atoms. The van der Waals surface area contributed by atoms with Crippen molar-refractivity contribution in [3.05, 3.63) is 58.0 Å². The van der Waals surface area contributed by atoms with E-state index in [9.17, 15) is 9.50 Å². The third-order valence-electron chi connectivity index (χ3n) is 5.44. The SMILES string of the molecule is CCNC(=NCC(C)(O)c1cccs1)NCC1(c2ccc(F)cc2)CCOCC1.I. The van der Waals surface area contributed by atoms with Gasteiger partial charge in [-0.15, -0.1) is 35.3 Å². The van der Waals surface area contributed by atoms with Crippen LogP contribution in [0, 0.1) is 5.82 Å². The molecule has 1 aromatic heterocycles. The van der Waals surface area contributed by atoms with Gasteiger partial charge in [-0.2, -0.15) is 0 Å². The maximum absolute atomic E-state index is 13.4. The van der Waals surface area contributed by atoms with Crippen molar-refractivity contribution in [2.24, 2.45) is 4.99 Å². The molecule has 8 heteroatoms. The molecule has 3 rings (SSSR count). The number of rotatable bonds is 7. The fourth-order valence-electron chi connectivity index (χ4n) is 3.62. The average molecular weight is 547 g/mol. The zero-order valence-electron chi connectivity index (χ0n) is 17.5. The second kappa shape index (κ2) is 11.4. The van der Waals surface area contributed by atoms with E-state index in [4.69, 9.17) is 4.74 Å². The molecule has 0 bridgehead atoms. The number of guanidine groups is 1. The molecule has 2 aromatic rings. The number of thiophene rings is 1. The molecular formula is C22H31FIN3O2S. The van der Waals surface area contributed by atoms with Crippen LogP contribution in [0.2, 0.25) is 0 Å². The maximum Gasteiger partial charge on any atom is 0.191 e. The first kappa shape index (κ1) is 25.0. The summed E-state index contributed by atoms with van der Waals surface area (Å²) in [4.78, 5) is 5.52. The van der Waals surface area contributed by atoms with Crippen molar-refractivity contribution in [1.29, 1.82) is 0 Å². The van der Waals surface area contributed by atoms with Gasteiger partial charge in [0.25, 0.3) is 0 Å². The Morgan fingerprint density at radius 2 is 1.93 bits per heavy atom. The highest BCUT2D eigenvalue weighted by atomic mass is 127. The Morgan fingerprint density at radius 1 is 1.23 bits per heavy atom. The topological polar surface area (TPSA) is 65.9 Å². The van der Waals surface area contributed by atoms with Gasteiger partial charge in [0.15, 0.2) is 5.96 Å². The highest BCUT2D eigenvalue weighted by Gasteiger charge is 2.34. The summed E-state index contributed by atoms with van der Waals surface area (Å²) in [5, 5.41) is 19.4. The lowest BCUT2D eigenvalue weighted by Crippen LogP contribution is -2.48. The van der Waals surface area contributed by atoms with Gasteiger partial charge in [-0.25, -0.2) is 9.38 Å². The minimum absolute atomic E-state index is 0. The Morgan fingerprint density at radius 3 is 2.53 bits per heavy atom. The van der Waals surface area contributed by atoms with Crippen LogP contribution in [0.5, 0.6) is 0 Å². The van der Waals surface area contributed by atoms with Crippen LogP contribution in [0.15, 0.2) is 46.8 Å². The summed E-state index contributed by atoms with van der Waals surface area (Å²) in [6.07, 6.45) is 1.72. The van der Waals surface area contributed by atoms with Gasteiger partial charge in [0.05, 0.1) is 6.54 Å². The summed E-state index contributed by atoms with van der Waals surface area (Å²) in [7, 11) is 0. The van der Waals surface area contributed by atoms with Gasteiger partial charge in [-0.3, -0.25) is 0 Å². The molecular weight excluding hydrogens is 516 g/mol. The average Bonchev–Trinajstić information content (AvgIpc) is 3.27. The lowest BCUT2D eigenvalue weighted by Gasteiger charge is -2.38. The summed E-state index contributed by atoms with van der Waals surface area (Å²) < 4.78 is 19.0. The Hall–Kier alpha value is -1.23. The molecule has 1 atom stereocenters. The minimum atomic E-state index is -1.01. The molecule has 0 saturated carbocycles. The van der Waals surface area contributed by atoms with Gasteiger partial charge < -0.3 is 20.5 Å². The fraction of sp³-hybridized carbons (Fsp3) is 0.500. The fourth-order valence-corrected chi connectivity index (χ4v) is 4.40. The molecule has 0 radical (unpaired) electrons. The summed E-state index contributed by atoms with van der Waals surface area (Å²) in [5.74, 6) is 0.437. The molecule has 1 aromatic carbocycles. The van der Waals surface area contributed by atoms with Crippen LogP contribution in [0.4, 0.5) is 4.39 Å². The van der Waals surface area contributed by atoms with E-state index in [0.717, 1.165) is 29.8 Å². The Labute approximate surface area is 199 Å². The molecule has 1 aliphatic heterocycles. The van der Waals surface area contributed by atoms with E-state index < -0.39 is 5.60 Å². The largest absolute Gasteiger partial charge is 0.383 e. The number of benzene rings is 1. The van der Waals surface area contributed by atoms with E-state index in [1.54, 1.807) is 6.92 Å². The van der Waals surface area contributed by atoms with Crippen LogP contribution in [-0.4, -0.2) is 43.9 Å². The number of hydrogen-bond donors (Lipinski definition) is 3. The van der Waals surface area contributed by atoms with Crippen molar-refractivity contribution in [2.45, 2.75) is 37.7 Å². The zero-order valence-corrected chi connectivity index (χ0v) is 20.6. The van der Waals surface area contributed by atoms with E-state index in [1.165, 1.54) is 23.5 Å². The number of nitrogens with zero attached hydrogens (tertiary/aromatic N) is 1. The number of aliphatic imine (C=N–C) groups is 1. The predicted molar refractivity (Wildman–Crippen MR) is 131 cm³/mol. The van der Waals surface area contributed by atoms with Crippen LogP contribution >= 0.6 is 35.3 Å². The Balaban J connectivity index is 0.00000320. The zero-order chi connectivity index (χ0) is 20.7. The van der Waals surface area contributed by atoms with Gasteiger partial charge in [-0.05, 0) is 55.8 Å². The predicted octanol–water partition coefficient (Wildman–Crippen LogP) is 4.02. The summed E-state index contributed by atoms with van der Waals surface area (Å²) in [6, 6.07) is 10.6. The Bertz CT molecular complexity index is 791. The highest BCUT2D eigenvalue weighted by molar-refractivity contribution is 14.0. The van der Waals surface area contributed by atoms with E-state index >= 15 is 0 Å². The lowest BCUT2D eigenvalue weighted by molar-refractivity contribution is 0.0513. The first-order chi connectivity index (χ1) is 14.0. The van der Waals surface area contributed by atoms with Crippen molar-refractivity contribution < 1.29 is 14.2 Å². The standard InChI is InChI=1S/C22H30FN3O2S.HI/c1-3-24-20(25-15-21(2,27)19-5-4-14-29-19)26-16-22(10-12-28-13-11-22)17-6-8-18(23)9-7-17;/h4-9,14,27H,3,10-13,15-16H2,1-2H3,(H2,24,25,26);1H. The highest BCUT2D eigenvalue weighted by Crippen LogP contribution is 2.34. The van der Waals surface area contributed by atoms with Crippen LogP contribution < -0.4 is 10.6 Å². The van der Waals surface area contributed by atoms with Gasteiger partial charge in [-0.1, -0.05) is 18.2 Å². The lowest BCUT2D eigenvalue weighted by atomic mass is 9.74. The summed E-state index contributed by atoms with van der Waals surface area (Å²) in [6.45, 7) is 6.80. The van der Waals surface area contributed by atoms with Crippen molar-refractivity contribution in [2.75, 3.05) is 32.8 Å². The van der Waals surface area contributed by atoms with E-state index in [-0.39, 0.29) is 41.8 Å². The normalized spacial score (nSPS) is 18.2.